The first kappa shape index (κ1) is 62.7. The summed E-state index contributed by atoms with van der Waals surface area (Å²) in [5.74, 6) is -6.02. The van der Waals surface area contributed by atoms with Gasteiger partial charge in [-0.05, 0) is 54.5 Å². The van der Waals surface area contributed by atoms with Crippen LogP contribution >= 0.6 is 0 Å². The molecule has 1 heterocycles. The molecule has 2 aromatic carbocycles. The van der Waals surface area contributed by atoms with Crippen LogP contribution in [0.5, 0.6) is 0 Å². The van der Waals surface area contributed by atoms with E-state index in [1.54, 1.807) is 12.3 Å². The van der Waals surface area contributed by atoms with E-state index in [2.05, 4.69) is 27.0 Å². The summed E-state index contributed by atoms with van der Waals surface area (Å²) in [5, 5.41) is 34.7. The number of hydrogen-bond acceptors (Lipinski definition) is 11. The van der Waals surface area contributed by atoms with Crippen molar-refractivity contribution in [1.82, 2.24) is 30.7 Å². The van der Waals surface area contributed by atoms with Gasteiger partial charge in [-0.25, -0.2) is 13.6 Å². The molecule has 3 rings (SSSR count). The minimum absolute atomic E-state index is 0.0178. The van der Waals surface area contributed by atoms with E-state index in [9.17, 15) is 46.6 Å². The largest absolute Gasteiger partial charge is 0.490 e. The summed E-state index contributed by atoms with van der Waals surface area (Å²) in [7, 11) is 1.00. The van der Waals surface area contributed by atoms with E-state index < -0.39 is 65.6 Å². The third-order valence-corrected chi connectivity index (χ3v) is 9.44. The minimum Gasteiger partial charge on any atom is -0.475 e. The van der Waals surface area contributed by atoms with Crippen molar-refractivity contribution in [3.63, 3.8) is 0 Å². The smallest absolute Gasteiger partial charge is 0.475 e. The number of carbonyl (C=O) groups is 7. The summed E-state index contributed by atoms with van der Waals surface area (Å²) in [5.41, 5.74) is 12.3. The molecule has 0 saturated heterocycles. The van der Waals surface area contributed by atoms with Gasteiger partial charge in [0, 0.05) is 82.2 Å². The number of carbonyl (C=O) groups excluding carboxylic acids is 6. The van der Waals surface area contributed by atoms with Gasteiger partial charge in [0.2, 0.25) is 29.5 Å². The first-order chi connectivity index (χ1) is 32.5. The van der Waals surface area contributed by atoms with Crippen LogP contribution in [0.15, 0.2) is 60.8 Å². The van der Waals surface area contributed by atoms with Gasteiger partial charge < -0.3 is 62.3 Å². The number of nitrogens with one attached hydrogen (secondary N) is 4. The van der Waals surface area contributed by atoms with Crippen LogP contribution < -0.4 is 32.7 Å². The monoisotopic (exact) mass is 986 g/mol. The lowest BCUT2D eigenvalue weighted by Gasteiger charge is -2.41. The summed E-state index contributed by atoms with van der Waals surface area (Å²) in [6.45, 7) is 7.91. The number of aldehydes is 1. The summed E-state index contributed by atoms with van der Waals surface area (Å²) in [6.07, 6.45) is -0.138. The first-order valence-corrected chi connectivity index (χ1v) is 21.8. The average molecular weight is 987 g/mol. The second-order valence-electron chi connectivity index (χ2n) is 16.0. The number of aliphatic hydroxyl groups is 2. The second-order valence-corrected chi connectivity index (χ2v) is 16.0. The summed E-state index contributed by atoms with van der Waals surface area (Å²) >= 11 is 0. The fourth-order valence-corrected chi connectivity index (χ4v) is 6.26. The molecule has 0 aliphatic carbocycles. The van der Waals surface area contributed by atoms with Crippen molar-refractivity contribution < 1.29 is 70.8 Å². The Kier molecular flexibility index (Phi) is 30.2. The Labute approximate surface area is 398 Å². The molecule has 1 aromatic heterocycles. The van der Waals surface area contributed by atoms with Gasteiger partial charge in [0.05, 0.1) is 18.6 Å². The molecular weight excluding hydrogens is 920 g/mol. The van der Waals surface area contributed by atoms with Crippen LogP contribution in [-0.4, -0.2) is 132 Å². The molecule has 5 amide bonds. The molecule has 0 radical (unpaired) electrons. The minimum atomic E-state index is -5.08. The predicted molar refractivity (Wildman–Crippen MR) is 247 cm³/mol. The SMILES string of the molecule is CCCCNC(=O)CCCC(=O)NCC(=O)NCCNC(=O)C(N)CCN(C(=O)CO)C(c1cc(-c2cc(F)ccc2F)cn1Cc1ccccc1)C(C)(C)C.CO.NCC=O.O=C(O)C(F)(F)F. The number of halogens is 5. The van der Waals surface area contributed by atoms with Crippen molar-refractivity contribution >= 4 is 41.8 Å². The van der Waals surface area contributed by atoms with Gasteiger partial charge in [0.1, 0.15) is 24.5 Å². The van der Waals surface area contributed by atoms with Gasteiger partial charge in [-0.2, -0.15) is 13.2 Å². The van der Waals surface area contributed by atoms with E-state index in [0.29, 0.717) is 37.1 Å². The Morgan fingerprint density at radius 2 is 1.41 bits per heavy atom. The molecule has 3 aromatic rings. The number of nitrogens with two attached hydrogens (primary N) is 2. The number of benzene rings is 2. The number of carboxylic acid groups (broad SMARTS) is 1. The van der Waals surface area contributed by atoms with Gasteiger partial charge in [-0.15, -0.1) is 0 Å². The highest BCUT2D eigenvalue weighted by atomic mass is 19.4. The number of aromatic nitrogens is 1. The molecule has 2 atom stereocenters. The van der Waals surface area contributed by atoms with Crippen molar-refractivity contribution in [3.8, 4) is 11.1 Å². The van der Waals surface area contributed by atoms with Crippen LogP contribution in [0.3, 0.4) is 0 Å². The third kappa shape index (κ3) is 25.0. The zero-order valence-corrected chi connectivity index (χ0v) is 39.5. The number of alkyl halides is 3. The lowest BCUT2D eigenvalue weighted by molar-refractivity contribution is -0.192. The maximum Gasteiger partial charge on any atom is 0.490 e. The molecule has 0 spiro atoms. The normalized spacial score (nSPS) is 11.6. The Balaban J connectivity index is 0.00000314. The Hall–Kier alpha value is -6.30. The summed E-state index contributed by atoms with van der Waals surface area (Å²) < 4.78 is 62.9. The molecule has 0 aliphatic rings. The number of nitrogens with zero attached hydrogens (tertiary/aromatic N) is 2. The topological polar surface area (TPSA) is 289 Å². The van der Waals surface area contributed by atoms with E-state index in [1.807, 2.05) is 62.6 Å². The van der Waals surface area contributed by atoms with Gasteiger partial charge in [-0.3, -0.25) is 24.0 Å². The zero-order valence-electron chi connectivity index (χ0n) is 39.5. The lowest BCUT2D eigenvalue weighted by atomic mass is 9.82. The maximum absolute atomic E-state index is 15.0. The van der Waals surface area contributed by atoms with E-state index in [-0.39, 0.29) is 69.4 Å². The van der Waals surface area contributed by atoms with Gasteiger partial charge in [0.25, 0.3) is 0 Å². The van der Waals surface area contributed by atoms with Crippen molar-refractivity contribution in [2.75, 3.05) is 53.0 Å². The predicted octanol–water partition coefficient (Wildman–Crippen LogP) is 2.93. The molecule has 0 aliphatic heterocycles. The average Bonchev–Trinajstić information content (AvgIpc) is 3.71. The molecular formula is C46H67F5N8O10. The number of aliphatic hydroxyl groups excluding tert-OH is 2. The Bertz CT molecular complexity index is 2050. The number of hydrogen-bond donors (Lipinski definition) is 9. The zero-order chi connectivity index (χ0) is 52.7. The number of carboxylic acids is 1. The van der Waals surface area contributed by atoms with Crippen molar-refractivity contribution in [2.24, 2.45) is 16.9 Å². The Morgan fingerprint density at radius 1 is 0.841 bits per heavy atom. The number of amides is 5. The van der Waals surface area contributed by atoms with E-state index in [1.165, 1.54) is 4.90 Å². The van der Waals surface area contributed by atoms with Crippen LogP contribution in [0.2, 0.25) is 0 Å². The molecule has 386 valence electrons. The van der Waals surface area contributed by atoms with Crippen LogP contribution in [0, 0.1) is 17.0 Å². The highest BCUT2D eigenvalue weighted by Gasteiger charge is 2.39. The van der Waals surface area contributed by atoms with Crippen molar-refractivity contribution in [1.29, 1.82) is 0 Å². The van der Waals surface area contributed by atoms with Gasteiger partial charge >= 0.3 is 12.1 Å². The molecule has 23 heteroatoms. The fourth-order valence-electron chi connectivity index (χ4n) is 6.26. The number of aliphatic carboxylic acids is 1. The van der Waals surface area contributed by atoms with Crippen LogP contribution in [0.4, 0.5) is 22.0 Å². The molecule has 69 heavy (non-hydrogen) atoms. The van der Waals surface area contributed by atoms with Crippen molar-refractivity contribution in [2.45, 2.75) is 91.0 Å². The second kappa shape index (κ2) is 33.2. The molecule has 0 fully saturated rings. The number of unbranched alkanes of at least 4 members (excludes halogenated alkanes) is 1. The summed E-state index contributed by atoms with van der Waals surface area (Å²) in [4.78, 5) is 81.8. The quantitative estimate of drug-likeness (QED) is 0.0377. The number of rotatable bonds is 23. The van der Waals surface area contributed by atoms with Gasteiger partial charge in [-0.1, -0.05) is 64.4 Å². The highest BCUT2D eigenvalue weighted by Crippen LogP contribution is 2.41. The Morgan fingerprint density at radius 3 is 1.94 bits per heavy atom. The van der Waals surface area contributed by atoms with Crippen LogP contribution in [0.25, 0.3) is 11.1 Å². The van der Waals surface area contributed by atoms with Crippen LogP contribution in [-0.2, 0) is 40.1 Å². The van der Waals surface area contributed by atoms with Crippen LogP contribution in [0.1, 0.15) is 83.5 Å². The molecule has 0 saturated carbocycles. The van der Waals surface area contributed by atoms with Crippen molar-refractivity contribution in [3.05, 3.63) is 83.7 Å². The molecule has 18 nitrogen and oxygen atoms in total. The lowest BCUT2D eigenvalue weighted by Crippen LogP contribution is -2.48. The maximum atomic E-state index is 15.0. The standard InChI is InChI=1S/C41H57F2N7O6.C2HF3O2.C2H5NO.CH4O/c1-5-6-18-45-35(52)13-10-14-36(53)48-24-37(54)46-19-20-47-40(56)33(44)17-21-50(38(55)27-51)39(41(2,3)4)34-22-29(31-23-30(42)15-16-32(31)43)26-49(34)25-28-11-8-7-9-12-28;3-2(4,5)1(6)7;3-1-2-4;1-2/h7-9,11-12,15-16,22-23,26,33,39,51H,5-6,10,13-14,17-21,24-25,27,44H2,1-4H3,(H,45,52)(H,46,54)(H,47,56)(H,48,53);(H,6,7);2H,1,3H2;2H,1H3. The summed E-state index contributed by atoms with van der Waals surface area (Å²) in [6, 6.07) is 12.7. The molecule has 11 N–H and O–H groups in total. The van der Waals surface area contributed by atoms with E-state index in [0.717, 1.165) is 43.7 Å². The molecule has 2 unspecified atom stereocenters. The fraction of sp³-hybridized carbons (Fsp3) is 0.500. The first-order valence-electron chi connectivity index (χ1n) is 21.8. The third-order valence-electron chi connectivity index (χ3n) is 9.44. The van der Waals surface area contributed by atoms with E-state index >= 15 is 4.39 Å². The highest BCUT2D eigenvalue weighted by molar-refractivity contribution is 5.85. The molecule has 0 bridgehead atoms. The van der Waals surface area contributed by atoms with E-state index in [4.69, 9.17) is 25.5 Å². The van der Waals surface area contributed by atoms with Gasteiger partial charge in [0.15, 0.2) is 0 Å².